The first-order valence-electron chi connectivity index (χ1n) is 9.23. The van der Waals surface area contributed by atoms with E-state index in [-0.39, 0.29) is 17.8 Å². The lowest BCUT2D eigenvalue weighted by atomic mass is 9.85. The largest absolute Gasteiger partial charge is 0.370 e. The zero-order valence-corrected chi connectivity index (χ0v) is 15.3. The number of carbonyl (C=O) groups is 2. The van der Waals surface area contributed by atoms with Gasteiger partial charge in [0.05, 0.1) is 0 Å². The number of benzene rings is 1. The molecule has 0 aromatic heterocycles. The van der Waals surface area contributed by atoms with Gasteiger partial charge >= 0.3 is 6.03 Å². The predicted octanol–water partition coefficient (Wildman–Crippen LogP) is 1.76. The van der Waals surface area contributed by atoms with E-state index in [1.807, 2.05) is 12.1 Å². The normalized spacial score (nSPS) is 26.4. The molecule has 3 amide bonds. The highest BCUT2D eigenvalue weighted by atomic mass is 19.1. The van der Waals surface area contributed by atoms with Gasteiger partial charge in [0.2, 0.25) is 0 Å². The number of piperidine rings is 1. The molecule has 1 unspecified atom stereocenters. The van der Waals surface area contributed by atoms with Crippen molar-refractivity contribution in [3.8, 4) is 0 Å². The molecule has 0 saturated carbocycles. The Balaban J connectivity index is 1.39. The quantitative estimate of drug-likeness (QED) is 0.754. The monoisotopic (exact) mass is 360 g/mol. The minimum absolute atomic E-state index is 0.0657. The highest BCUT2D eigenvalue weighted by Crippen LogP contribution is 2.37. The van der Waals surface area contributed by atoms with Crippen molar-refractivity contribution in [3.63, 3.8) is 0 Å². The highest BCUT2D eigenvalue weighted by Gasteiger charge is 2.55. The Hall–Kier alpha value is -2.15. The van der Waals surface area contributed by atoms with Gasteiger partial charge in [0.25, 0.3) is 5.91 Å². The van der Waals surface area contributed by atoms with E-state index in [2.05, 4.69) is 9.80 Å². The van der Waals surface area contributed by atoms with E-state index >= 15 is 0 Å². The number of likely N-dealkylation sites (tertiary alicyclic amines) is 1. The number of anilines is 1. The molecule has 3 aliphatic heterocycles. The Morgan fingerprint density at radius 1 is 1.04 bits per heavy atom. The fraction of sp³-hybridized carbons (Fsp3) is 0.579. The predicted molar refractivity (Wildman–Crippen MR) is 96.5 cm³/mol. The van der Waals surface area contributed by atoms with Gasteiger partial charge in [0.1, 0.15) is 11.4 Å². The van der Waals surface area contributed by atoms with E-state index in [4.69, 9.17) is 0 Å². The number of halogens is 1. The van der Waals surface area contributed by atoms with Crippen LogP contribution in [0.1, 0.15) is 19.3 Å². The molecule has 4 rings (SSSR count). The zero-order valence-electron chi connectivity index (χ0n) is 15.3. The van der Waals surface area contributed by atoms with E-state index < -0.39 is 5.54 Å². The van der Waals surface area contributed by atoms with Crippen LogP contribution in [0.4, 0.5) is 14.9 Å². The first-order chi connectivity index (χ1) is 12.4. The molecule has 1 spiro atoms. The second-order valence-corrected chi connectivity index (χ2v) is 7.64. The van der Waals surface area contributed by atoms with Crippen LogP contribution in [0.5, 0.6) is 0 Å². The summed E-state index contributed by atoms with van der Waals surface area (Å²) in [5, 5.41) is 0. The summed E-state index contributed by atoms with van der Waals surface area (Å²) in [6, 6.07) is 6.90. The smallest absolute Gasteiger partial charge is 0.327 e. The first-order valence-corrected chi connectivity index (χ1v) is 9.23. The van der Waals surface area contributed by atoms with E-state index in [1.165, 1.54) is 17.0 Å². The molecule has 6 nitrogen and oxygen atoms in total. The minimum Gasteiger partial charge on any atom is -0.370 e. The molecule has 0 aliphatic carbocycles. The van der Waals surface area contributed by atoms with Crippen LogP contribution in [0.15, 0.2) is 24.3 Å². The first kappa shape index (κ1) is 17.3. The van der Waals surface area contributed by atoms with E-state index in [9.17, 15) is 14.0 Å². The number of urea groups is 1. The highest BCUT2D eigenvalue weighted by molar-refractivity contribution is 6.06. The van der Waals surface area contributed by atoms with Crippen LogP contribution in [0.3, 0.4) is 0 Å². The summed E-state index contributed by atoms with van der Waals surface area (Å²) in [7, 11) is 3.31. The Kier molecular flexibility index (Phi) is 4.14. The second kappa shape index (κ2) is 6.23. The lowest BCUT2D eigenvalue weighted by Crippen LogP contribution is -2.57. The van der Waals surface area contributed by atoms with Gasteiger partial charge in [-0.25, -0.2) is 9.18 Å². The van der Waals surface area contributed by atoms with Gasteiger partial charge in [0.15, 0.2) is 0 Å². The second-order valence-electron chi connectivity index (χ2n) is 7.64. The van der Waals surface area contributed by atoms with Crippen molar-refractivity contribution in [1.29, 1.82) is 0 Å². The number of imide groups is 1. The van der Waals surface area contributed by atoms with Crippen LogP contribution in [0.25, 0.3) is 0 Å². The molecule has 3 aliphatic rings. The molecule has 26 heavy (non-hydrogen) atoms. The fourth-order valence-corrected chi connectivity index (χ4v) is 4.69. The molecule has 0 radical (unpaired) electrons. The third-order valence-electron chi connectivity index (χ3n) is 6.42. The molecule has 0 N–H and O–H groups in total. The topological polar surface area (TPSA) is 47.1 Å². The van der Waals surface area contributed by atoms with Gasteiger partial charge in [0, 0.05) is 52.0 Å². The molecule has 3 fully saturated rings. The lowest BCUT2D eigenvalue weighted by molar-refractivity contribution is -0.134. The van der Waals surface area contributed by atoms with Gasteiger partial charge in [-0.3, -0.25) is 14.6 Å². The van der Waals surface area contributed by atoms with Gasteiger partial charge in [-0.15, -0.1) is 0 Å². The summed E-state index contributed by atoms with van der Waals surface area (Å²) in [6.45, 7) is 3.51. The van der Waals surface area contributed by atoms with Crippen LogP contribution in [0.2, 0.25) is 0 Å². The molecule has 1 atom stereocenters. The number of amides is 3. The van der Waals surface area contributed by atoms with Crippen molar-refractivity contribution in [1.82, 2.24) is 14.7 Å². The summed E-state index contributed by atoms with van der Waals surface area (Å²) in [4.78, 5) is 32.4. The number of nitrogens with zero attached hydrogens (tertiary/aromatic N) is 4. The molecular formula is C19H25FN4O2. The fourth-order valence-electron chi connectivity index (χ4n) is 4.69. The standard InChI is InChI=1S/C19H25FN4O2/c1-21-17(25)19(22(2)18(21)26)8-11-23(12-9-19)16-7-10-24(13-16)15-5-3-14(20)4-6-15/h3-6,16H,7-13H2,1-2H3. The van der Waals surface area contributed by atoms with Crippen molar-refractivity contribution >= 4 is 17.6 Å². The van der Waals surface area contributed by atoms with E-state index in [0.717, 1.165) is 38.3 Å². The molecule has 140 valence electrons. The lowest BCUT2D eigenvalue weighted by Gasteiger charge is -2.42. The molecule has 3 saturated heterocycles. The van der Waals surface area contributed by atoms with Crippen molar-refractivity contribution in [2.24, 2.45) is 0 Å². The summed E-state index contributed by atoms with van der Waals surface area (Å²) < 4.78 is 13.1. The molecule has 1 aromatic carbocycles. The van der Waals surface area contributed by atoms with Gasteiger partial charge in [-0.2, -0.15) is 0 Å². The zero-order chi connectivity index (χ0) is 18.5. The maximum absolute atomic E-state index is 13.1. The summed E-state index contributed by atoms with van der Waals surface area (Å²) >= 11 is 0. The van der Waals surface area contributed by atoms with Crippen LogP contribution in [-0.4, -0.2) is 78.5 Å². The average molecular weight is 360 g/mol. The van der Waals surface area contributed by atoms with Crippen LogP contribution in [-0.2, 0) is 4.79 Å². The average Bonchev–Trinajstić information content (AvgIpc) is 3.20. The summed E-state index contributed by atoms with van der Waals surface area (Å²) in [5.41, 5.74) is 0.401. The summed E-state index contributed by atoms with van der Waals surface area (Å²) in [5.74, 6) is -0.278. The molecule has 7 heteroatoms. The maximum Gasteiger partial charge on any atom is 0.327 e. The molecular weight excluding hydrogens is 335 g/mol. The Morgan fingerprint density at radius 3 is 2.27 bits per heavy atom. The number of likely N-dealkylation sites (N-methyl/N-ethyl adjacent to an activating group) is 2. The van der Waals surface area contributed by atoms with Crippen LogP contribution < -0.4 is 4.90 Å². The van der Waals surface area contributed by atoms with Crippen molar-refractivity contribution in [2.75, 3.05) is 45.2 Å². The van der Waals surface area contributed by atoms with Gasteiger partial charge in [-0.1, -0.05) is 0 Å². The minimum atomic E-state index is -0.655. The van der Waals surface area contributed by atoms with Crippen LogP contribution >= 0.6 is 0 Å². The number of rotatable bonds is 2. The van der Waals surface area contributed by atoms with Crippen molar-refractivity contribution in [3.05, 3.63) is 30.1 Å². The molecule has 1 aromatic rings. The summed E-state index contributed by atoms with van der Waals surface area (Å²) in [6.07, 6.45) is 2.43. The third-order valence-corrected chi connectivity index (χ3v) is 6.42. The number of carbonyl (C=O) groups excluding carboxylic acids is 2. The molecule has 3 heterocycles. The van der Waals surface area contributed by atoms with E-state index in [1.54, 1.807) is 19.0 Å². The van der Waals surface area contributed by atoms with Gasteiger partial charge < -0.3 is 9.80 Å². The SMILES string of the molecule is CN1C(=O)N(C)C2(CCN(C3CCN(c4ccc(F)cc4)C3)CC2)C1=O. The Labute approximate surface area is 153 Å². The Morgan fingerprint density at radius 2 is 1.69 bits per heavy atom. The van der Waals surface area contributed by atoms with Crippen molar-refractivity contribution in [2.45, 2.75) is 30.8 Å². The van der Waals surface area contributed by atoms with E-state index in [0.29, 0.717) is 18.9 Å². The number of hydrogen-bond acceptors (Lipinski definition) is 4. The Bertz CT molecular complexity index is 715. The van der Waals surface area contributed by atoms with Gasteiger partial charge in [-0.05, 0) is 43.5 Å². The molecule has 0 bridgehead atoms. The maximum atomic E-state index is 13.1. The van der Waals surface area contributed by atoms with Crippen LogP contribution in [0, 0.1) is 5.82 Å². The number of hydrogen-bond donors (Lipinski definition) is 0. The van der Waals surface area contributed by atoms with Crippen molar-refractivity contribution < 1.29 is 14.0 Å². The third kappa shape index (κ3) is 2.57.